The van der Waals surface area contributed by atoms with Crippen molar-refractivity contribution >= 4 is 44.0 Å². The molecule has 0 aliphatic carbocycles. The Morgan fingerprint density at radius 2 is 1.63 bits per heavy atom. The predicted molar refractivity (Wildman–Crippen MR) is 129 cm³/mol. The van der Waals surface area contributed by atoms with Gasteiger partial charge in [-0.2, -0.15) is 0 Å². The number of hydrogen-bond donors (Lipinski definition) is 0. The van der Waals surface area contributed by atoms with Gasteiger partial charge in [0.25, 0.3) is 0 Å². The molecule has 0 bridgehead atoms. The molecule has 0 radical (unpaired) electrons. The van der Waals surface area contributed by atoms with Crippen LogP contribution in [-0.2, 0) is 0 Å². The number of nitrogens with zero attached hydrogens (tertiary/aromatic N) is 1. The molecule has 0 saturated heterocycles. The van der Waals surface area contributed by atoms with Crippen LogP contribution >= 0.6 is 0 Å². The third kappa shape index (κ3) is 2.34. The minimum absolute atomic E-state index is 0.217. The van der Waals surface area contributed by atoms with Gasteiger partial charge in [0.15, 0.2) is 0 Å². The van der Waals surface area contributed by atoms with Crippen molar-refractivity contribution in [1.82, 2.24) is 4.98 Å². The molecule has 0 spiro atoms. The number of furan rings is 1. The summed E-state index contributed by atoms with van der Waals surface area (Å²) in [4.78, 5) is 4.36. The molecule has 1 aliphatic heterocycles. The Labute approximate surface area is 187 Å². The number of pyridine rings is 1. The van der Waals surface area contributed by atoms with Gasteiger partial charge in [-0.05, 0) is 0 Å². The first-order valence-corrected chi connectivity index (χ1v) is 16.3. The quantitative estimate of drug-likeness (QED) is 0.287. The summed E-state index contributed by atoms with van der Waals surface area (Å²) in [5.41, 5.74) is 4.42. The summed E-state index contributed by atoms with van der Waals surface area (Å²) in [6, 6.07) is 20.1. The Bertz CT molecular complexity index is 1700. The van der Waals surface area contributed by atoms with Crippen molar-refractivity contribution in [3.8, 4) is 22.4 Å². The van der Waals surface area contributed by atoms with Crippen LogP contribution in [0, 0.1) is 13.7 Å². The van der Waals surface area contributed by atoms with E-state index in [0.29, 0.717) is 16.8 Å². The number of aryl methyl sites for hydroxylation is 2. The topological polar surface area (TPSA) is 26.0 Å². The van der Waals surface area contributed by atoms with Gasteiger partial charge in [0.2, 0.25) is 0 Å². The van der Waals surface area contributed by atoms with Crippen LogP contribution in [0.2, 0.25) is 11.5 Å². The molecule has 2 aromatic heterocycles. The zero-order valence-electron chi connectivity index (χ0n) is 22.7. The fourth-order valence-electron chi connectivity index (χ4n) is 4.80. The summed E-state index contributed by atoms with van der Waals surface area (Å²) in [6.07, 6.45) is 1.16. The van der Waals surface area contributed by atoms with E-state index < -0.39 is 27.0 Å². The van der Waals surface area contributed by atoms with E-state index in [-0.39, 0.29) is 11.1 Å². The Morgan fingerprint density at radius 1 is 0.800 bits per heavy atom. The van der Waals surface area contributed by atoms with Crippen LogP contribution < -0.4 is 8.79 Å². The van der Waals surface area contributed by atoms with E-state index in [0.717, 1.165) is 22.6 Å². The van der Waals surface area contributed by atoms with Crippen molar-refractivity contribution in [1.29, 1.82) is 0 Å². The monoisotopic (exact) mass is 457 g/mol. The van der Waals surface area contributed by atoms with E-state index in [1.807, 2.05) is 18.2 Å². The van der Waals surface area contributed by atoms with Crippen LogP contribution in [0.1, 0.15) is 19.4 Å². The Morgan fingerprint density at radius 3 is 2.50 bits per heavy atom. The summed E-state index contributed by atoms with van der Waals surface area (Å²) in [6.45, 7) is -5.16. The van der Waals surface area contributed by atoms with Crippen LogP contribution in [0.3, 0.4) is 0 Å². The summed E-state index contributed by atoms with van der Waals surface area (Å²) in [5, 5.41) is 1.95. The first kappa shape index (κ1) is 12.8. The Hall–Kier alpha value is -2.85. The molecule has 1 aliphatic rings. The number of hydrogen-bond acceptors (Lipinski definition) is 2. The summed E-state index contributed by atoms with van der Waals surface area (Å²) < 4.78 is 56.3. The molecule has 3 heterocycles. The van der Waals surface area contributed by atoms with E-state index >= 15 is 0 Å². The van der Waals surface area contributed by atoms with Gasteiger partial charge in [-0.25, -0.2) is 0 Å². The van der Waals surface area contributed by atoms with Gasteiger partial charge in [-0.15, -0.1) is 0 Å². The van der Waals surface area contributed by atoms with E-state index in [1.54, 1.807) is 0 Å². The van der Waals surface area contributed by atoms with Gasteiger partial charge in [-0.3, -0.25) is 0 Å². The molecule has 0 unspecified atom stereocenters. The van der Waals surface area contributed by atoms with Crippen molar-refractivity contribution in [2.45, 2.75) is 25.2 Å². The van der Waals surface area contributed by atoms with Crippen molar-refractivity contribution in [2.24, 2.45) is 0 Å². The minimum atomic E-state index is -2.59. The molecule has 2 nitrogen and oxygen atoms in total. The average molecular weight is 456 g/mol. The van der Waals surface area contributed by atoms with Crippen LogP contribution in [0.5, 0.6) is 0 Å². The van der Waals surface area contributed by atoms with Gasteiger partial charge in [0.1, 0.15) is 0 Å². The van der Waals surface area contributed by atoms with Gasteiger partial charge < -0.3 is 0 Å². The fourth-order valence-corrected chi connectivity index (χ4v) is 11.3. The molecule has 3 aromatic carbocycles. The van der Waals surface area contributed by atoms with Crippen molar-refractivity contribution in [2.75, 3.05) is 0 Å². The maximum absolute atomic E-state index is 7.91. The number of para-hydroxylation sites is 1. The molecule has 0 N–H and O–H groups in total. The normalized spacial score (nSPS) is 18.1. The van der Waals surface area contributed by atoms with Gasteiger partial charge in [-0.1, -0.05) is 0 Å². The predicted octanol–water partition coefficient (Wildman–Crippen LogP) is 6.07. The molecule has 146 valence electrons. The first-order chi connectivity index (χ1) is 16.9. The second-order valence-corrected chi connectivity index (χ2v) is 17.5. The number of fused-ring (bicyclic) bond motifs is 6. The first-order valence-electron chi connectivity index (χ1n) is 13.0. The van der Waals surface area contributed by atoms with Crippen molar-refractivity contribution in [3.63, 3.8) is 0 Å². The number of rotatable bonds is 1. The van der Waals surface area contributed by atoms with E-state index in [9.17, 15) is 0 Å². The van der Waals surface area contributed by atoms with Gasteiger partial charge >= 0.3 is 187 Å². The van der Waals surface area contributed by atoms with Gasteiger partial charge in [0, 0.05) is 0 Å². The molecule has 3 heteroatoms. The Kier molecular flexibility index (Phi) is 2.59. The number of benzene rings is 3. The molecular formula is C27H23GeNO. The molecule has 0 amide bonds. The maximum atomic E-state index is 7.91. The summed E-state index contributed by atoms with van der Waals surface area (Å²) in [7, 11) is 0. The zero-order valence-corrected chi connectivity index (χ0v) is 18.8. The molecule has 5 aromatic rings. The van der Waals surface area contributed by atoms with Crippen LogP contribution in [-0.4, -0.2) is 18.3 Å². The third-order valence-corrected chi connectivity index (χ3v) is 13.8. The van der Waals surface area contributed by atoms with Crippen LogP contribution in [0.25, 0.3) is 44.3 Å². The average Bonchev–Trinajstić information content (AvgIpc) is 3.29. The molecule has 30 heavy (non-hydrogen) atoms. The van der Waals surface area contributed by atoms with E-state index in [1.165, 1.54) is 26.0 Å². The van der Waals surface area contributed by atoms with E-state index in [4.69, 9.17) is 12.6 Å². The van der Waals surface area contributed by atoms with Crippen LogP contribution in [0.4, 0.5) is 0 Å². The molecular weight excluding hydrogens is 427 g/mol. The summed E-state index contributed by atoms with van der Waals surface area (Å²) >= 11 is -2.46. The third-order valence-electron chi connectivity index (χ3n) is 6.38. The van der Waals surface area contributed by atoms with Crippen molar-refractivity contribution in [3.05, 3.63) is 78.0 Å². The number of aromatic nitrogens is 1. The molecule has 0 fully saturated rings. The summed E-state index contributed by atoms with van der Waals surface area (Å²) in [5.74, 6) is 4.83. The second kappa shape index (κ2) is 6.08. The van der Waals surface area contributed by atoms with E-state index in [2.05, 4.69) is 52.9 Å². The molecule has 6 rings (SSSR count). The zero-order chi connectivity index (χ0) is 25.6. The Balaban J connectivity index is 1.59. The fraction of sp³-hybridized carbons (Fsp3) is 0.148. The SMILES string of the molecule is [2H]C([2H])([2H])c1cnc(-c2cccc3c2oc2cc4[c](cc23)[Ge]([CH3])([CH3])[c]2ccccc2-4)cc1C([2H])([2H])[2H]. The second-order valence-electron chi connectivity index (χ2n) is 8.46. The molecule has 0 saturated carbocycles. The standard InChI is InChI=1S/C27H23GeNO/c1-16-12-25(29-15-17(16)2)20-10-7-9-19-22-13-24-21(14-26(22)30-27(19)20)18-8-5-6-11-23(18)28(24,3)4/h5-15H,1-4H3/i1D3,2D3. The molecule has 0 atom stereocenters. The van der Waals surface area contributed by atoms with Crippen molar-refractivity contribution < 1.29 is 12.6 Å². The van der Waals surface area contributed by atoms with Crippen LogP contribution in [0.15, 0.2) is 71.3 Å². The van der Waals surface area contributed by atoms with Gasteiger partial charge in [0.05, 0.1) is 0 Å².